The summed E-state index contributed by atoms with van der Waals surface area (Å²) < 4.78 is 11.0. The molecule has 7 nitrogen and oxygen atoms in total. The lowest BCUT2D eigenvalue weighted by Crippen LogP contribution is -2.30. The number of ether oxygens (including phenoxy) is 2. The number of aromatic nitrogens is 1. The van der Waals surface area contributed by atoms with Gasteiger partial charge in [-0.2, -0.15) is 0 Å². The van der Waals surface area contributed by atoms with Gasteiger partial charge in [-0.1, -0.05) is 30.3 Å². The van der Waals surface area contributed by atoms with Crippen LogP contribution in [0.1, 0.15) is 43.9 Å². The first-order valence-electron chi connectivity index (χ1n) is 9.95. The molecule has 156 valence electrons. The maximum absolute atomic E-state index is 12.5. The Labute approximate surface area is 179 Å². The first-order valence-corrected chi connectivity index (χ1v) is 9.95. The first kappa shape index (κ1) is 20.3. The fourth-order valence-corrected chi connectivity index (χ4v) is 3.28. The predicted octanol–water partition coefficient (Wildman–Crippen LogP) is 4.11. The summed E-state index contributed by atoms with van der Waals surface area (Å²) in [5.74, 6) is -0.369. The van der Waals surface area contributed by atoms with E-state index in [2.05, 4.69) is 4.98 Å². The van der Waals surface area contributed by atoms with E-state index in [0.29, 0.717) is 29.7 Å². The molecule has 0 saturated heterocycles. The zero-order valence-electron chi connectivity index (χ0n) is 16.7. The summed E-state index contributed by atoms with van der Waals surface area (Å²) in [5.41, 5.74) is 1.09. The van der Waals surface area contributed by atoms with Crippen molar-refractivity contribution in [3.8, 4) is 11.6 Å². The maximum atomic E-state index is 12.5. The number of rotatable bonds is 8. The summed E-state index contributed by atoms with van der Waals surface area (Å²) in [6, 6.07) is 19.1. The van der Waals surface area contributed by atoms with Crippen molar-refractivity contribution in [3.05, 3.63) is 89.6 Å². The molecule has 0 fully saturated rings. The summed E-state index contributed by atoms with van der Waals surface area (Å²) >= 11 is 0. The average molecular weight is 416 g/mol. The van der Waals surface area contributed by atoms with Crippen molar-refractivity contribution in [2.24, 2.45) is 0 Å². The molecule has 0 radical (unpaired) electrons. The van der Waals surface area contributed by atoms with Crippen LogP contribution in [0.15, 0.2) is 72.9 Å². The highest BCUT2D eigenvalue weighted by Gasteiger charge is 2.34. The largest absolute Gasteiger partial charge is 0.462 e. The van der Waals surface area contributed by atoms with Crippen LogP contribution in [-0.2, 0) is 4.74 Å². The fourth-order valence-electron chi connectivity index (χ4n) is 3.28. The Morgan fingerprint density at radius 2 is 1.52 bits per heavy atom. The third kappa shape index (κ3) is 4.45. The molecule has 31 heavy (non-hydrogen) atoms. The number of hydrogen-bond donors (Lipinski definition) is 0. The van der Waals surface area contributed by atoms with Crippen LogP contribution in [-0.4, -0.2) is 40.8 Å². The number of para-hydroxylation sites is 1. The fraction of sp³-hybridized carbons (Fsp3) is 0.167. The van der Waals surface area contributed by atoms with E-state index in [9.17, 15) is 14.4 Å². The molecule has 2 heterocycles. The molecular weight excluding hydrogens is 396 g/mol. The van der Waals surface area contributed by atoms with Gasteiger partial charge in [0, 0.05) is 12.7 Å². The van der Waals surface area contributed by atoms with Gasteiger partial charge in [0.1, 0.15) is 11.3 Å². The maximum Gasteiger partial charge on any atom is 0.343 e. The molecule has 0 aliphatic carbocycles. The van der Waals surface area contributed by atoms with Crippen LogP contribution in [0.5, 0.6) is 11.6 Å². The Morgan fingerprint density at radius 1 is 0.839 bits per heavy atom. The monoisotopic (exact) mass is 416 g/mol. The molecule has 1 aromatic heterocycles. The number of imide groups is 1. The van der Waals surface area contributed by atoms with Crippen LogP contribution in [0.2, 0.25) is 0 Å². The van der Waals surface area contributed by atoms with E-state index in [1.54, 1.807) is 48.5 Å². The van der Waals surface area contributed by atoms with Crippen LogP contribution >= 0.6 is 0 Å². The number of nitrogens with zero attached hydrogens (tertiary/aromatic N) is 2. The molecule has 0 spiro atoms. The smallest absolute Gasteiger partial charge is 0.343 e. The van der Waals surface area contributed by atoms with Gasteiger partial charge in [0.2, 0.25) is 5.88 Å². The number of unbranched alkanes of at least 4 members (excludes halogenated alkanes) is 1. The third-order valence-electron chi connectivity index (χ3n) is 4.84. The summed E-state index contributed by atoms with van der Waals surface area (Å²) in [4.78, 5) is 42.5. The molecular formula is C24H20N2O5. The van der Waals surface area contributed by atoms with E-state index in [1.165, 1.54) is 11.1 Å². The Bertz CT molecular complexity index is 1080. The minimum Gasteiger partial charge on any atom is -0.462 e. The molecule has 0 bridgehead atoms. The molecule has 2 aromatic carbocycles. The number of hydrogen-bond acceptors (Lipinski definition) is 6. The van der Waals surface area contributed by atoms with Crippen molar-refractivity contribution < 1.29 is 23.9 Å². The van der Waals surface area contributed by atoms with Crippen LogP contribution < -0.4 is 4.74 Å². The van der Waals surface area contributed by atoms with Crippen LogP contribution in [0.4, 0.5) is 0 Å². The Balaban J connectivity index is 1.27. The van der Waals surface area contributed by atoms with Gasteiger partial charge in [0.25, 0.3) is 11.8 Å². The first-order chi connectivity index (χ1) is 15.1. The summed E-state index contributed by atoms with van der Waals surface area (Å²) in [7, 11) is 0. The number of esters is 1. The molecule has 3 aromatic rings. The van der Waals surface area contributed by atoms with Crippen molar-refractivity contribution >= 4 is 17.8 Å². The zero-order chi connectivity index (χ0) is 21.6. The predicted molar refractivity (Wildman–Crippen MR) is 112 cm³/mol. The number of amides is 2. The molecule has 0 unspecified atom stereocenters. The number of benzene rings is 2. The van der Waals surface area contributed by atoms with Gasteiger partial charge < -0.3 is 9.47 Å². The van der Waals surface area contributed by atoms with Crippen LogP contribution in [0, 0.1) is 0 Å². The number of carbonyl (C=O) groups excluding carboxylic acids is 3. The number of carbonyl (C=O) groups is 3. The molecule has 0 N–H and O–H groups in total. The molecule has 0 atom stereocenters. The van der Waals surface area contributed by atoms with E-state index in [-0.39, 0.29) is 36.4 Å². The van der Waals surface area contributed by atoms with Crippen molar-refractivity contribution in [1.29, 1.82) is 0 Å². The Morgan fingerprint density at radius 3 is 2.23 bits per heavy atom. The van der Waals surface area contributed by atoms with Crippen LogP contribution in [0.25, 0.3) is 0 Å². The summed E-state index contributed by atoms with van der Waals surface area (Å²) in [6.45, 7) is 0.431. The van der Waals surface area contributed by atoms with Gasteiger partial charge in [0.05, 0.1) is 17.7 Å². The molecule has 2 amide bonds. The van der Waals surface area contributed by atoms with Gasteiger partial charge in [-0.05, 0) is 49.2 Å². The lowest BCUT2D eigenvalue weighted by molar-refractivity contribution is 0.0482. The second-order valence-corrected chi connectivity index (χ2v) is 6.92. The van der Waals surface area contributed by atoms with E-state index >= 15 is 0 Å². The summed E-state index contributed by atoms with van der Waals surface area (Å²) in [5, 5.41) is 0. The highest BCUT2D eigenvalue weighted by Crippen LogP contribution is 2.24. The van der Waals surface area contributed by atoms with Crippen molar-refractivity contribution in [1.82, 2.24) is 9.88 Å². The second kappa shape index (κ2) is 9.21. The van der Waals surface area contributed by atoms with Crippen molar-refractivity contribution in [3.63, 3.8) is 0 Å². The third-order valence-corrected chi connectivity index (χ3v) is 4.84. The highest BCUT2D eigenvalue weighted by molar-refractivity contribution is 6.21. The Hall–Kier alpha value is -4.00. The minimum absolute atomic E-state index is 0.154. The van der Waals surface area contributed by atoms with Gasteiger partial charge in [-0.25, -0.2) is 9.78 Å². The quantitative estimate of drug-likeness (QED) is 0.312. The van der Waals surface area contributed by atoms with Gasteiger partial charge in [0.15, 0.2) is 0 Å². The van der Waals surface area contributed by atoms with E-state index in [4.69, 9.17) is 9.47 Å². The normalized spacial score (nSPS) is 12.6. The van der Waals surface area contributed by atoms with E-state index < -0.39 is 5.97 Å². The average Bonchev–Trinajstić information content (AvgIpc) is 3.05. The lowest BCUT2D eigenvalue weighted by atomic mass is 10.1. The number of pyridine rings is 1. The molecule has 1 aliphatic rings. The number of fused-ring (bicyclic) bond motifs is 1. The van der Waals surface area contributed by atoms with Gasteiger partial charge in [-0.3, -0.25) is 14.5 Å². The summed E-state index contributed by atoms with van der Waals surface area (Å²) in [6.07, 6.45) is 2.57. The van der Waals surface area contributed by atoms with Gasteiger partial charge >= 0.3 is 5.97 Å². The van der Waals surface area contributed by atoms with Gasteiger partial charge in [-0.15, -0.1) is 0 Å². The second-order valence-electron chi connectivity index (χ2n) is 6.92. The van der Waals surface area contributed by atoms with Crippen LogP contribution in [0.3, 0.4) is 0 Å². The highest BCUT2D eigenvalue weighted by atomic mass is 16.5. The Kier molecular flexibility index (Phi) is 6.03. The van der Waals surface area contributed by atoms with Crippen molar-refractivity contribution in [2.45, 2.75) is 12.8 Å². The molecule has 0 saturated carbocycles. The standard InChI is InChI=1S/C24H20N2O5/c27-22-18-11-4-5-12-19(18)23(28)26(22)15-6-7-16-30-24(29)20-13-8-14-25-21(20)31-17-9-2-1-3-10-17/h1-5,8-14H,6-7,15-16H2. The topological polar surface area (TPSA) is 85.8 Å². The SMILES string of the molecule is O=C(OCCCCN1C(=O)c2ccccc2C1=O)c1cccnc1Oc1ccccc1. The lowest BCUT2D eigenvalue weighted by Gasteiger charge is -2.13. The van der Waals surface area contributed by atoms with Crippen molar-refractivity contribution in [2.75, 3.05) is 13.2 Å². The molecule has 1 aliphatic heterocycles. The molecule has 4 rings (SSSR count). The molecule has 7 heteroatoms. The van der Waals surface area contributed by atoms with E-state index in [0.717, 1.165) is 0 Å². The van der Waals surface area contributed by atoms with E-state index in [1.807, 2.05) is 18.2 Å². The zero-order valence-corrected chi connectivity index (χ0v) is 16.7. The minimum atomic E-state index is -0.542.